The van der Waals surface area contributed by atoms with Crippen molar-refractivity contribution >= 4 is 16.0 Å². The van der Waals surface area contributed by atoms with E-state index in [-0.39, 0.29) is 0 Å². The molecule has 1 aliphatic carbocycles. The molecule has 2 fully saturated rings. The van der Waals surface area contributed by atoms with Crippen LogP contribution in [0.25, 0.3) is 0 Å². The van der Waals surface area contributed by atoms with Crippen LogP contribution in [-0.4, -0.2) is 69.1 Å². The first kappa shape index (κ1) is 19.5. The van der Waals surface area contributed by atoms with Gasteiger partial charge in [0.1, 0.15) is 0 Å². The molecule has 2 rings (SSSR count). The van der Waals surface area contributed by atoms with Crippen molar-refractivity contribution in [3.05, 3.63) is 0 Å². The summed E-state index contributed by atoms with van der Waals surface area (Å²) in [7, 11) is -3.10. The molecule has 2 unspecified atom stereocenters. The van der Waals surface area contributed by atoms with Gasteiger partial charge < -0.3 is 10.2 Å². The highest BCUT2D eigenvalue weighted by atomic mass is 32.2. The lowest BCUT2D eigenvalue weighted by Gasteiger charge is -2.22. The van der Waals surface area contributed by atoms with E-state index in [4.69, 9.17) is 4.99 Å². The average molecular weight is 359 g/mol. The number of hydrogen-bond acceptors (Lipinski definition) is 3. The summed E-state index contributed by atoms with van der Waals surface area (Å²) in [5.41, 5.74) is 0. The van der Waals surface area contributed by atoms with E-state index in [0.717, 1.165) is 43.9 Å². The van der Waals surface area contributed by atoms with Gasteiger partial charge in [0, 0.05) is 39.3 Å². The molecule has 1 heterocycles. The van der Waals surface area contributed by atoms with Crippen LogP contribution in [0, 0.1) is 11.8 Å². The molecule has 6 nitrogen and oxygen atoms in total. The summed E-state index contributed by atoms with van der Waals surface area (Å²) in [5, 5.41) is 3.41. The molecule has 0 radical (unpaired) electrons. The Morgan fingerprint density at radius 3 is 2.33 bits per heavy atom. The van der Waals surface area contributed by atoms with Gasteiger partial charge in [0.15, 0.2) is 5.96 Å². The van der Waals surface area contributed by atoms with Gasteiger partial charge in [-0.05, 0) is 38.0 Å². The molecule has 0 aromatic carbocycles. The van der Waals surface area contributed by atoms with E-state index >= 15 is 0 Å². The smallest absolute Gasteiger partial charge is 0.211 e. The molecular formula is C17H34N4O2S. The summed E-state index contributed by atoms with van der Waals surface area (Å²) in [4.78, 5) is 7.17. The first-order valence-corrected chi connectivity index (χ1v) is 11.3. The molecule has 140 valence electrons. The quantitative estimate of drug-likeness (QED) is 0.428. The van der Waals surface area contributed by atoms with E-state index in [9.17, 15) is 8.42 Å². The van der Waals surface area contributed by atoms with Crippen molar-refractivity contribution in [2.45, 2.75) is 46.0 Å². The molecular weight excluding hydrogens is 324 g/mol. The number of sulfonamides is 1. The Morgan fingerprint density at radius 1 is 1.21 bits per heavy atom. The van der Waals surface area contributed by atoms with Gasteiger partial charge in [0.05, 0.1) is 6.26 Å². The lowest BCUT2D eigenvalue weighted by molar-refractivity contribution is 0.299. The summed E-state index contributed by atoms with van der Waals surface area (Å²) in [5.74, 6) is 2.68. The number of likely N-dealkylation sites (tertiary alicyclic amines) is 1. The van der Waals surface area contributed by atoms with Gasteiger partial charge in [0.2, 0.25) is 10.0 Å². The van der Waals surface area contributed by atoms with Gasteiger partial charge in [-0.1, -0.05) is 19.8 Å². The van der Waals surface area contributed by atoms with Crippen molar-refractivity contribution in [2.24, 2.45) is 16.8 Å². The lowest BCUT2D eigenvalue weighted by atomic mass is 9.82. The fourth-order valence-corrected chi connectivity index (χ4v) is 4.92. The van der Waals surface area contributed by atoms with Gasteiger partial charge in [-0.25, -0.2) is 12.7 Å². The highest BCUT2D eigenvalue weighted by molar-refractivity contribution is 7.88. The Labute approximate surface area is 147 Å². The highest BCUT2D eigenvalue weighted by Crippen LogP contribution is 2.35. The first-order chi connectivity index (χ1) is 11.5. The van der Waals surface area contributed by atoms with Crippen LogP contribution < -0.4 is 5.32 Å². The van der Waals surface area contributed by atoms with Crippen LogP contribution in [0.1, 0.15) is 46.0 Å². The molecule has 1 N–H and O–H groups in total. The van der Waals surface area contributed by atoms with Crippen LogP contribution in [0.5, 0.6) is 0 Å². The monoisotopic (exact) mass is 358 g/mol. The predicted octanol–water partition coefficient (Wildman–Crippen LogP) is 1.75. The Balaban J connectivity index is 1.87. The van der Waals surface area contributed by atoms with E-state index in [2.05, 4.69) is 17.1 Å². The fraction of sp³-hybridized carbons (Fsp3) is 0.941. The van der Waals surface area contributed by atoms with Crippen molar-refractivity contribution in [1.29, 1.82) is 0 Å². The molecule has 2 aliphatic rings. The molecule has 1 aliphatic heterocycles. The third-order valence-corrected chi connectivity index (χ3v) is 6.64. The summed E-state index contributed by atoms with van der Waals surface area (Å²) >= 11 is 0. The molecule has 1 saturated heterocycles. The minimum atomic E-state index is -3.10. The SMILES string of the molecule is CCNC(=NCCCN(CC)S(C)(=O)=O)N1CC2CCCCC2C1. The summed E-state index contributed by atoms with van der Waals surface area (Å²) < 4.78 is 24.7. The van der Waals surface area contributed by atoms with Crippen molar-refractivity contribution in [2.75, 3.05) is 45.5 Å². The van der Waals surface area contributed by atoms with Crippen LogP contribution >= 0.6 is 0 Å². The number of guanidine groups is 1. The molecule has 24 heavy (non-hydrogen) atoms. The van der Waals surface area contributed by atoms with Crippen LogP contribution in [0.15, 0.2) is 4.99 Å². The Hall–Kier alpha value is -0.820. The highest BCUT2D eigenvalue weighted by Gasteiger charge is 2.35. The van der Waals surface area contributed by atoms with Gasteiger partial charge in [-0.3, -0.25) is 4.99 Å². The van der Waals surface area contributed by atoms with Gasteiger partial charge in [0.25, 0.3) is 0 Å². The fourth-order valence-electron chi connectivity index (χ4n) is 4.00. The minimum Gasteiger partial charge on any atom is -0.357 e. The maximum atomic E-state index is 11.6. The second-order valence-corrected chi connectivity index (χ2v) is 9.04. The third kappa shape index (κ3) is 5.34. The van der Waals surface area contributed by atoms with Crippen molar-refractivity contribution in [3.63, 3.8) is 0 Å². The van der Waals surface area contributed by atoms with Crippen molar-refractivity contribution in [1.82, 2.24) is 14.5 Å². The molecule has 0 aromatic heterocycles. The zero-order chi connectivity index (χ0) is 17.6. The van der Waals surface area contributed by atoms with E-state index in [1.165, 1.54) is 36.2 Å². The predicted molar refractivity (Wildman–Crippen MR) is 99.7 cm³/mol. The average Bonchev–Trinajstić information content (AvgIpc) is 2.96. The second-order valence-electron chi connectivity index (χ2n) is 7.05. The summed E-state index contributed by atoms with van der Waals surface area (Å²) in [6.45, 7) is 8.83. The van der Waals surface area contributed by atoms with Crippen LogP contribution in [0.3, 0.4) is 0 Å². The molecule has 0 bridgehead atoms. The minimum absolute atomic E-state index is 0.526. The maximum absolute atomic E-state index is 11.6. The zero-order valence-electron chi connectivity index (χ0n) is 15.5. The van der Waals surface area contributed by atoms with Gasteiger partial charge >= 0.3 is 0 Å². The number of rotatable bonds is 7. The van der Waals surface area contributed by atoms with E-state index in [1.54, 1.807) is 0 Å². The van der Waals surface area contributed by atoms with Gasteiger partial charge in [-0.2, -0.15) is 0 Å². The normalized spacial score (nSPS) is 25.2. The molecule has 0 amide bonds. The van der Waals surface area contributed by atoms with E-state index < -0.39 is 10.0 Å². The van der Waals surface area contributed by atoms with Crippen molar-refractivity contribution < 1.29 is 8.42 Å². The Morgan fingerprint density at radius 2 is 1.83 bits per heavy atom. The first-order valence-electron chi connectivity index (χ1n) is 9.44. The number of nitrogens with one attached hydrogen (secondary N) is 1. The topological polar surface area (TPSA) is 65.0 Å². The number of hydrogen-bond donors (Lipinski definition) is 1. The molecule has 2 atom stereocenters. The summed E-state index contributed by atoms with van der Waals surface area (Å²) in [6.07, 6.45) is 7.51. The third-order valence-electron chi connectivity index (χ3n) is 5.26. The zero-order valence-corrected chi connectivity index (χ0v) is 16.3. The van der Waals surface area contributed by atoms with E-state index in [0.29, 0.717) is 19.6 Å². The molecule has 0 spiro atoms. The molecule has 0 aromatic rings. The molecule has 1 saturated carbocycles. The van der Waals surface area contributed by atoms with Crippen LogP contribution in [0.2, 0.25) is 0 Å². The number of aliphatic imine (C=N–C) groups is 1. The Kier molecular flexibility index (Phi) is 7.34. The van der Waals surface area contributed by atoms with Crippen LogP contribution in [-0.2, 0) is 10.0 Å². The largest absolute Gasteiger partial charge is 0.357 e. The lowest BCUT2D eigenvalue weighted by Crippen LogP contribution is -2.40. The number of nitrogens with zero attached hydrogens (tertiary/aromatic N) is 3. The van der Waals surface area contributed by atoms with E-state index in [1.807, 2.05) is 6.92 Å². The standard InChI is InChI=1S/C17H34N4O2S/c1-4-18-17(19-11-8-12-21(5-2)24(3,22)23)20-13-15-9-6-7-10-16(15)14-20/h15-16H,4-14H2,1-3H3,(H,18,19). The van der Waals surface area contributed by atoms with Crippen LogP contribution in [0.4, 0.5) is 0 Å². The van der Waals surface area contributed by atoms with Crippen molar-refractivity contribution in [3.8, 4) is 0 Å². The molecule has 7 heteroatoms. The maximum Gasteiger partial charge on any atom is 0.211 e. The van der Waals surface area contributed by atoms with Gasteiger partial charge in [-0.15, -0.1) is 0 Å². The second kappa shape index (κ2) is 9.04. The number of fused-ring (bicyclic) bond motifs is 1. The Bertz CT molecular complexity index is 507. The summed E-state index contributed by atoms with van der Waals surface area (Å²) in [6, 6.07) is 0.